The van der Waals surface area contributed by atoms with Crippen molar-refractivity contribution in [3.8, 4) is 0 Å². The first-order valence-corrected chi connectivity index (χ1v) is 7.67. The second kappa shape index (κ2) is 6.83. The average molecular weight is 262 g/mol. The number of benzene rings is 1. The van der Waals surface area contributed by atoms with Gasteiger partial charge in [0.2, 0.25) is 0 Å². The van der Waals surface area contributed by atoms with Crippen molar-refractivity contribution in [2.75, 3.05) is 6.54 Å². The largest absolute Gasteiger partial charge is 0.362 e. The van der Waals surface area contributed by atoms with Crippen LogP contribution in [-0.4, -0.2) is 23.0 Å². The van der Waals surface area contributed by atoms with Crippen molar-refractivity contribution < 1.29 is 0 Å². The Bertz CT molecular complexity index is 389. The second-order valence-corrected chi connectivity index (χ2v) is 6.20. The van der Waals surface area contributed by atoms with E-state index >= 15 is 0 Å². The van der Waals surface area contributed by atoms with Crippen molar-refractivity contribution in [2.24, 2.45) is 4.99 Å². The molecule has 3 heteroatoms. The molecule has 0 spiro atoms. The summed E-state index contributed by atoms with van der Waals surface area (Å²) in [4.78, 5) is 4.59. The standard InChI is InChI=1S/C15H22N2S/c1-3-7-14-11-16-15(18-14)17-12(2)10-13-8-5-4-6-9-13/h4-6,8-9,12,14H,3,7,10-11H2,1-2H3,(H,16,17). The van der Waals surface area contributed by atoms with Crippen LogP contribution >= 0.6 is 11.8 Å². The van der Waals surface area contributed by atoms with Crippen molar-refractivity contribution in [3.05, 3.63) is 35.9 Å². The highest BCUT2D eigenvalue weighted by Gasteiger charge is 2.19. The molecule has 18 heavy (non-hydrogen) atoms. The third kappa shape index (κ3) is 4.05. The Kier molecular flexibility index (Phi) is 5.12. The first-order valence-electron chi connectivity index (χ1n) is 6.79. The van der Waals surface area contributed by atoms with E-state index in [1.54, 1.807) is 0 Å². The Hall–Kier alpha value is -0.960. The molecule has 0 bridgehead atoms. The minimum atomic E-state index is 0.444. The normalized spacial score (nSPS) is 20.6. The Morgan fingerprint density at radius 1 is 1.39 bits per heavy atom. The average Bonchev–Trinajstić information content (AvgIpc) is 2.78. The van der Waals surface area contributed by atoms with Gasteiger partial charge in [-0.1, -0.05) is 55.4 Å². The first-order chi connectivity index (χ1) is 8.78. The lowest BCUT2D eigenvalue weighted by atomic mass is 10.1. The quantitative estimate of drug-likeness (QED) is 0.878. The molecule has 1 N–H and O–H groups in total. The number of aliphatic imine (C=N–C) groups is 1. The SMILES string of the molecule is CCCC1CN=C(NC(C)Cc2ccccc2)S1. The maximum Gasteiger partial charge on any atom is 0.157 e. The highest BCUT2D eigenvalue weighted by molar-refractivity contribution is 8.14. The molecule has 0 amide bonds. The lowest BCUT2D eigenvalue weighted by molar-refractivity contribution is 0.664. The van der Waals surface area contributed by atoms with Crippen molar-refractivity contribution in [1.82, 2.24) is 5.32 Å². The summed E-state index contributed by atoms with van der Waals surface area (Å²) in [7, 11) is 0. The zero-order valence-electron chi connectivity index (χ0n) is 11.2. The van der Waals surface area contributed by atoms with E-state index in [9.17, 15) is 0 Å². The van der Waals surface area contributed by atoms with Gasteiger partial charge in [0.15, 0.2) is 5.17 Å². The lowest BCUT2D eigenvalue weighted by Gasteiger charge is -2.15. The van der Waals surface area contributed by atoms with E-state index in [1.165, 1.54) is 18.4 Å². The van der Waals surface area contributed by atoms with Crippen LogP contribution in [0.2, 0.25) is 0 Å². The van der Waals surface area contributed by atoms with Gasteiger partial charge in [0.1, 0.15) is 0 Å². The molecule has 1 aromatic carbocycles. The molecule has 1 aliphatic rings. The van der Waals surface area contributed by atoms with Crippen LogP contribution in [0.4, 0.5) is 0 Å². The Labute approximate surface area is 114 Å². The van der Waals surface area contributed by atoms with Crippen molar-refractivity contribution >= 4 is 16.9 Å². The summed E-state index contributed by atoms with van der Waals surface area (Å²) in [5.41, 5.74) is 1.38. The van der Waals surface area contributed by atoms with Gasteiger partial charge in [-0.3, -0.25) is 4.99 Å². The molecular formula is C15H22N2S. The fraction of sp³-hybridized carbons (Fsp3) is 0.533. The minimum Gasteiger partial charge on any atom is -0.362 e. The Morgan fingerprint density at radius 2 is 2.17 bits per heavy atom. The molecule has 0 aliphatic carbocycles. The van der Waals surface area contributed by atoms with E-state index in [1.807, 2.05) is 11.8 Å². The van der Waals surface area contributed by atoms with Crippen LogP contribution in [0.25, 0.3) is 0 Å². The fourth-order valence-corrected chi connectivity index (χ4v) is 3.44. The van der Waals surface area contributed by atoms with Crippen molar-refractivity contribution in [3.63, 3.8) is 0 Å². The topological polar surface area (TPSA) is 24.4 Å². The molecule has 0 fully saturated rings. The van der Waals surface area contributed by atoms with E-state index in [0.29, 0.717) is 11.3 Å². The molecule has 2 rings (SSSR count). The van der Waals surface area contributed by atoms with Gasteiger partial charge < -0.3 is 5.32 Å². The number of thioether (sulfide) groups is 1. The first kappa shape index (κ1) is 13.5. The molecule has 1 aliphatic heterocycles. The molecule has 2 unspecified atom stereocenters. The Balaban J connectivity index is 1.77. The van der Waals surface area contributed by atoms with Crippen LogP contribution in [0.1, 0.15) is 32.3 Å². The van der Waals surface area contributed by atoms with Crippen molar-refractivity contribution in [2.45, 2.75) is 44.4 Å². The predicted molar refractivity (Wildman–Crippen MR) is 81.3 cm³/mol. The van der Waals surface area contributed by atoms with Gasteiger partial charge in [0, 0.05) is 11.3 Å². The van der Waals surface area contributed by atoms with Crippen LogP contribution in [0.5, 0.6) is 0 Å². The fourth-order valence-electron chi connectivity index (χ4n) is 2.20. The number of amidine groups is 1. The molecule has 98 valence electrons. The van der Waals surface area contributed by atoms with Crippen molar-refractivity contribution in [1.29, 1.82) is 0 Å². The van der Waals surface area contributed by atoms with Gasteiger partial charge in [0.25, 0.3) is 0 Å². The number of nitrogens with one attached hydrogen (secondary N) is 1. The summed E-state index contributed by atoms with van der Waals surface area (Å²) < 4.78 is 0. The highest BCUT2D eigenvalue weighted by Crippen LogP contribution is 2.23. The van der Waals surface area contributed by atoms with E-state index in [0.717, 1.165) is 18.1 Å². The molecule has 1 heterocycles. The minimum absolute atomic E-state index is 0.444. The number of hydrogen-bond acceptors (Lipinski definition) is 3. The van der Waals surface area contributed by atoms with Crippen LogP contribution in [0.3, 0.4) is 0 Å². The summed E-state index contributed by atoms with van der Waals surface area (Å²) in [6, 6.07) is 11.1. The highest BCUT2D eigenvalue weighted by atomic mass is 32.2. The lowest BCUT2D eigenvalue weighted by Crippen LogP contribution is -2.31. The van der Waals surface area contributed by atoms with Crippen LogP contribution < -0.4 is 5.32 Å². The van der Waals surface area contributed by atoms with Crippen LogP contribution in [0.15, 0.2) is 35.3 Å². The molecule has 2 nitrogen and oxygen atoms in total. The molecule has 0 aromatic heterocycles. The van der Waals surface area contributed by atoms with Gasteiger partial charge in [0.05, 0.1) is 6.54 Å². The molecule has 0 saturated carbocycles. The van der Waals surface area contributed by atoms with E-state index in [-0.39, 0.29) is 0 Å². The molecule has 0 radical (unpaired) electrons. The zero-order chi connectivity index (χ0) is 12.8. The third-order valence-electron chi connectivity index (χ3n) is 3.08. The smallest absolute Gasteiger partial charge is 0.157 e. The zero-order valence-corrected chi connectivity index (χ0v) is 12.0. The van der Waals surface area contributed by atoms with Gasteiger partial charge in [-0.25, -0.2) is 0 Å². The summed E-state index contributed by atoms with van der Waals surface area (Å²) >= 11 is 1.91. The monoisotopic (exact) mass is 262 g/mol. The van der Waals surface area contributed by atoms with Gasteiger partial charge >= 0.3 is 0 Å². The third-order valence-corrected chi connectivity index (χ3v) is 4.27. The summed E-state index contributed by atoms with van der Waals surface area (Å²) in [6.07, 6.45) is 3.57. The maximum atomic E-state index is 4.59. The summed E-state index contributed by atoms with van der Waals surface area (Å²) in [5, 5.41) is 5.36. The van der Waals surface area contributed by atoms with Gasteiger partial charge in [-0.2, -0.15) is 0 Å². The van der Waals surface area contributed by atoms with Crippen LogP contribution in [-0.2, 0) is 6.42 Å². The van der Waals surface area contributed by atoms with Gasteiger partial charge in [-0.15, -0.1) is 0 Å². The van der Waals surface area contributed by atoms with E-state index < -0.39 is 0 Å². The Morgan fingerprint density at radius 3 is 2.89 bits per heavy atom. The number of nitrogens with zero attached hydrogens (tertiary/aromatic N) is 1. The molecular weight excluding hydrogens is 240 g/mol. The number of hydrogen-bond donors (Lipinski definition) is 1. The number of rotatable bonds is 5. The van der Waals surface area contributed by atoms with Gasteiger partial charge in [-0.05, 0) is 25.3 Å². The molecule has 2 atom stereocenters. The van der Waals surface area contributed by atoms with E-state index in [2.05, 4.69) is 54.5 Å². The second-order valence-electron chi connectivity index (χ2n) is 4.91. The molecule has 1 aromatic rings. The molecule has 0 saturated heterocycles. The summed E-state index contributed by atoms with van der Waals surface area (Å²) in [5.74, 6) is 0. The maximum absolute atomic E-state index is 4.59. The van der Waals surface area contributed by atoms with E-state index in [4.69, 9.17) is 0 Å². The van der Waals surface area contributed by atoms with Crippen LogP contribution in [0, 0.1) is 0 Å². The predicted octanol–water partition coefficient (Wildman–Crippen LogP) is 3.48. The summed E-state index contributed by atoms with van der Waals surface area (Å²) in [6.45, 7) is 5.45.